The first-order valence-corrected chi connectivity index (χ1v) is 8.83. The minimum Gasteiger partial charge on any atom is -0.489 e. The van der Waals surface area contributed by atoms with Gasteiger partial charge < -0.3 is 4.74 Å². The Morgan fingerprint density at radius 3 is 2.50 bits per heavy atom. The highest BCUT2D eigenvalue weighted by Gasteiger charge is 2.05. The molecule has 128 valence electrons. The molecule has 0 radical (unpaired) electrons. The van der Waals surface area contributed by atoms with Crippen molar-refractivity contribution in [3.63, 3.8) is 0 Å². The van der Waals surface area contributed by atoms with E-state index in [9.17, 15) is 0 Å². The quantitative estimate of drug-likeness (QED) is 0.448. The summed E-state index contributed by atoms with van der Waals surface area (Å²) in [5.41, 5.74) is 5.77. The minimum absolute atomic E-state index is 0.513. The van der Waals surface area contributed by atoms with Crippen LogP contribution in [0.1, 0.15) is 16.7 Å². The van der Waals surface area contributed by atoms with Crippen molar-refractivity contribution in [3.8, 4) is 16.9 Å². The molecule has 0 N–H and O–H groups in total. The van der Waals surface area contributed by atoms with Crippen LogP contribution < -0.4 is 4.74 Å². The van der Waals surface area contributed by atoms with E-state index in [-0.39, 0.29) is 0 Å². The summed E-state index contributed by atoms with van der Waals surface area (Å²) in [7, 11) is 0. The van der Waals surface area contributed by atoms with E-state index in [2.05, 4.69) is 73.4 Å². The Kier molecular flexibility index (Phi) is 4.40. The van der Waals surface area contributed by atoms with Gasteiger partial charge in [0.1, 0.15) is 12.4 Å². The highest BCUT2D eigenvalue weighted by molar-refractivity contribution is 5.87. The van der Waals surface area contributed by atoms with E-state index in [1.807, 2.05) is 24.5 Å². The van der Waals surface area contributed by atoms with Gasteiger partial charge in [-0.15, -0.1) is 0 Å². The predicted molar refractivity (Wildman–Crippen MR) is 107 cm³/mol. The van der Waals surface area contributed by atoms with Crippen molar-refractivity contribution >= 4 is 10.8 Å². The minimum atomic E-state index is 0.513. The molecule has 4 aromatic rings. The van der Waals surface area contributed by atoms with Gasteiger partial charge in [-0.2, -0.15) is 0 Å². The van der Waals surface area contributed by atoms with Crippen molar-refractivity contribution in [2.45, 2.75) is 20.5 Å². The van der Waals surface area contributed by atoms with Gasteiger partial charge in [0.05, 0.1) is 0 Å². The molecule has 0 spiro atoms. The van der Waals surface area contributed by atoms with Crippen LogP contribution in [0, 0.1) is 13.8 Å². The molecule has 0 aliphatic rings. The van der Waals surface area contributed by atoms with Crippen LogP contribution in [0.2, 0.25) is 0 Å². The summed E-state index contributed by atoms with van der Waals surface area (Å²) in [6.07, 6.45) is 3.78. The fourth-order valence-electron chi connectivity index (χ4n) is 3.13. The molecule has 0 aliphatic carbocycles. The van der Waals surface area contributed by atoms with Crippen LogP contribution in [0.15, 0.2) is 79.1 Å². The SMILES string of the molecule is Cc1cccc(OCc2cncc(-c3ccc4ccccc4c3)c2)c1C. The number of fused-ring (bicyclic) bond motifs is 1. The summed E-state index contributed by atoms with van der Waals surface area (Å²) in [6, 6.07) is 23.2. The molecular weight excluding hydrogens is 318 g/mol. The summed E-state index contributed by atoms with van der Waals surface area (Å²) in [4.78, 5) is 4.41. The molecule has 2 heteroatoms. The van der Waals surface area contributed by atoms with Crippen LogP contribution in [0.3, 0.4) is 0 Å². The first-order chi connectivity index (χ1) is 12.7. The lowest BCUT2D eigenvalue weighted by Crippen LogP contribution is -1.99. The molecule has 0 bridgehead atoms. The number of pyridine rings is 1. The third-order valence-electron chi connectivity index (χ3n) is 4.83. The number of nitrogens with zero attached hydrogens (tertiary/aromatic N) is 1. The van der Waals surface area contributed by atoms with E-state index in [4.69, 9.17) is 4.74 Å². The Morgan fingerprint density at radius 1 is 0.769 bits per heavy atom. The summed E-state index contributed by atoms with van der Waals surface area (Å²) < 4.78 is 6.02. The zero-order chi connectivity index (χ0) is 17.9. The van der Waals surface area contributed by atoms with Crippen LogP contribution in [-0.2, 0) is 6.61 Å². The third-order valence-corrected chi connectivity index (χ3v) is 4.83. The molecule has 2 nitrogen and oxygen atoms in total. The number of hydrogen-bond acceptors (Lipinski definition) is 2. The first kappa shape index (κ1) is 16.3. The highest BCUT2D eigenvalue weighted by Crippen LogP contribution is 2.26. The molecule has 0 saturated carbocycles. The van der Waals surface area contributed by atoms with Crippen LogP contribution in [0.25, 0.3) is 21.9 Å². The Labute approximate surface area is 154 Å². The number of aromatic nitrogens is 1. The highest BCUT2D eigenvalue weighted by atomic mass is 16.5. The molecule has 26 heavy (non-hydrogen) atoms. The van der Waals surface area contributed by atoms with Crippen molar-refractivity contribution in [1.82, 2.24) is 4.98 Å². The Hall–Kier alpha value is -3.13. The molecule has 1 heterocycles. The number of ether oxygens (including phenoxy) is 1. The normalized spacial score (nSPS) is 10.8. The number of hydrogen-bond donors (Lipinski definition) is 0. The average Bonchev–Trinajstić information content (AvgIpc) is 2.69. The lowest BCUT2D eigenvalue weighted by molar-refractivity contribution is 0.303. The molecular formula is C24H21NO. The largest absolute Gasteiger partial charge is 0.489 e. The fourth-order valence-corrected chi connectivity index (χ4v) is 3.13. The van der Waals surface area contributed by atoms with E-state index in [1.54, 1.807) is 0 Å². The van der Waals surface area contributed by atoms with Gasteiger partial charge in [-0.3, -0.25) is 4.98 Å². The topological polar surface area (TPSA) is 22.1 Å². The van der Waals surface area contributed by atoms with Gasteiger partial charge in [0.2, 0.25) is 0 Å². The second-order valence-corrected chi connectivity index (χ2v) is 6.63. The number of rotatable bonds is 4. The molecule has 0 atom stereocenters. The van der Waals surface area contributed by atoms with E-state index in [0.29, 0.717) is 6.61 Å². The standard InChI is InChI=1S/C24H21NO/c1-17-6-5-9-24(18(17)2)26-16-19-12-23(15-25-14-19)22-11-10-20-7-3-4-8-21(20)13-22/h3-15H,16H2,1-2H3. The van der Waals surface area contributed by atoms with Gasteiger partial charge in [0, 0.05) is 23.5 Å². The van der Waals surface area contributed by atoms with Gasteiger partial charge >= 0.3 is 0 Å². The van der Waals surface area contributed by atoms with Gasteiger partial charge in [0.15, 0.2) is 0 Å². The molecule has 0 unspecified atom stereocenters. The second-order valence-electron chi connectivity index (χ2n) is 6.63. The molecule has 0 fully saturated rings. The molecule has 0 saturated heterocycles. The van der Waals surface area contributed by atoms with Crippen LogP contribution in [-0.4, -0.2) is 4.98 Å². The monoisotopic (exact) mass is 339 g/mol. The summed E-state index contributed by atoms with van der Waals surface area (Å²) in [5, 5.41) is 2.49. The van der Waals surface area contributed by atoms with E-state index in [0.717, 1.165) is 16.9 Å². The smallest absolute Gasteiger partial charge is 0.122 e. The molecule has 3 aromatic carbocycles. The van der Waals surface area contributed by atoms with Crippen molar-refractivity contribution in [1.29, 1.82) is 0 Å². The van der Waals surface area contributed by atoms with E-state index < -0.39 is 0 Å². The van der Waals surface area contributed by atoms with Crippen molar-refractivity contribution in [3.05, 3.63) is 95.8 Å². The van der Waals surface area contributed by atoms with E-state index in [1.165, 1.54) is 27.5 Å². The second kappa shape index (κ2) is 7.01. The van der Waals surface area contributed by atoms with Crippen LogP contribution in [0.5, 0.6) is 5.75 Å². The van der Waals surface area contributed by atoms with Crippen molar-refractivity contribution in [2.24, 2.45) is 0 Å². The first-order valence-electron chi connectivity index (χ1n) is 8.83. The van der Waals surface area contributed by atoms with Crippen LogP contribution in [0.4, 0.5) is 0 Å². The summed E-state index contributed by atoms with van der Waals surface area (Å²) >= 11 is 0. The zero-order valence-electron chi connectivity index (χ0n) is 15.1. The third kappa shape index (κ3) is 3.31. The lowest BCUT2D eigenvalue weighted by Gasteiger charge is -2.11. The van der Waals surface area contributed by atoms with Gasteiger partial charge in [0.25, 0.3) is 0 Å². The van der Waals surface area contributed by atoms with Gasteiger partial charge in [-0.1, -0.05) is 48.5 Å². The van der Waals surface area contributed by atoms with Crippen LogP contribution >= 0.6 is 0 Å². The van der Waals surface area contributed by atoms with Gasteiger partial charge in [-0.05, 0) is 59.5 Å². The van der Waals surface area contributed by atoms with Crippen molar-refractivity contribution < 1.29 is 4.74 Å². The van der Waals surface area contributed by atoms with E-state index >= 15 is 0 Å². The van der Waals surface area contributed by atoms with Gasteiger partial charge in [-0.25, -0.2) is 0 Å². The summed E-state index contributed by atoms with van der Waals surface area (Å²) in [6.45, 7) is 4.71. The average molecular weight is 339 g/mol. The Morgan fingerprint density at radius 2 is 1.62 bits per heavy atom. The molecule has 1 aromatic heterocycles. The number of benzene rings is 3. The maximum Gasteiger partial charge on any atom is 0.122 e. The van der Waals surface area contributed by atoms with Crippen molar-refractivity contribution in [2.75, 3.05) is 0 Å². The predicted octanol–water partition coefficient (Wildman–Crippen LogP) is 6.10. The molecule has 0 aliphatic heterocycles. The molecule has 0 amide bonds. The maximum absolute atomic E-state index is 6.02. The molecule has 4 rings (SSSR count). The zero-order valence-corrected chi connectivity index (χ0v) is 15.1. The summed E-state index contributed by atoms with van der Waals surface area (Å²) in [5.74, 6) is 0.932. The fraction of sp³-hybridized carbons (Fsp3) is 0.125. The Bertz CT molecular complexity index is 1070. The lowest BCUT2D eigenvalue weighted by atomic mass is 10.0. The maximum atomic E-state index is 6.02. The Balaban J connectivity index is 1.58. The number of aryl methyl sites for hydroxylation is 1.